The lowest BCUT2D eigenvalue weighted by Crippen LogP contribution is -2.42. The van der Waals surface area contributed by atoms with E-state index in [9.17, 15) is 4.79 Å². The molecule has 0 heterocycles. The van der Waals surface area contributed by atoms with Crippen LogP contribution in [0.15, 0.2) is 0 Å². The predicted octanol–water partition coefficient (Wildman–Crippen LogP) is 1.19. The molecule has 0 spiro atoms. The van der Waals surface area contributed by atoms with Crippen LogP contribution in [0.4, 0.5) is 0 Å². The van der Waals surface area contributed by atoms with Crippen molar-refractivity contribution in [1.82, 2.24) is 5.32 Å². The van der Waals surface area contributed by atoms with Gasteiger partial charge in [-0.15, -0.1) is 0 Å². The van der Waals surface area contributed by atoms with E-state index in [0.717, 1.165) is 19.3 Å². The highest BCUT2D eigenvalue weighted by molar-refractivity contribution is 5.77. The molecule has 0 radical (unpaired) electrons. The summed E-state index contributed by atoms with van der Waals surface area (Å²) in [6.07, 6.45) is 5.48. The maximum atomic E-state index is 11.6. The summed E-state index contributed by atoms with van der Waals surface area (Å²) in [6.45, 7) is 4.52. The Kier molecular flexibility index (Phi) is 5.22. The van der Waals surface area contributed by atoms with Crippen molar-refractivity contribution in [2.75, 3.05) is 13.2 Å². The SMILES string of the molecule is CCC(C)(CN)OCC(=O)NC1CCCC1. The molecule has 0 bridgehead atoms. The number of carbonyl (C=O) groups is 1. The molecule has 1 unspecified atom stereocenters. The highest BCUT2D eigenvalue weighted by Crippen LogP contribution is 2.18. The number of ether oxygens (including phenoxy) is 1. The summed E-state index contributed by atoms with van der Waals surface area (Å²) in [5, 5.41) is 2.99. The molecule has 16 heavy (non-hydrogen) atoms. The number of amides is 1. The van der Waals surface area contributed by atoms with Crippen molar-refractivity contribution in [2.45, 2.75) is 57.6 Å². The van der Waals surface area contributed by atoms with E-state index in [4.69, 9.17) is 10.5 Å². The molecule has 1 atom stereocenters. The van der Waals surface area contributed by atoms with Gasteiger partial charge < -0.3 is 15.8 Å². The number of hydrogen-bond acceptors (Lipinski definition) is 3. The lowest BCUT2D eigenvalue weighted by atomic mass is 10.0. The van der Waals surface area contributed by atoms with Crippen molar-refractivity contribution < 1.29 is 9.53 Å². The molecule has 0 aromatic rings. The molecule has 0 aromatic heterocycles. The maximum Gasteiger partial charge on any atom is 0.246 e. The Balaban J connectivity index is 2.23. The van der Waals surface area contributed by atoms with Crippen LogP contribution in [0.3, 0.4) is 0 Å². The minimum absolute atomic E-state index is 0.0139. The average Bonchev–Trinajstić information content (AvgIpc) is 2.79. The molecule has 1 saturated carbocycles. The molecular formula is C12H24N2O2. The van der Waals surface area contributed by atoms with Gasteiger partial charge in [-0.2, -0.15) is 0 Å². The summed E-state index contributed by atoms with van der Waals surface area (Å²) in [6, 6.07) is 0.363. The summed E-state index contributed by atoms with van der Waals surface area (Å²) in [5.41, 5.74) is 5.24. The Morgan fingerprint density at radius 2 is 2.12 bits per heavy atom. The van der Waals surface area contributed by atoms with Crippen LogP contribution < -0.4 is 11.1 Å². The standard InChI is InChI=1S/C12H24N2O2/c1-3-12(2,9-13)16-8-11(15)14-10-6-4-5-7-10/h10H,3-9,13H2,1-2H3,(H,14,15). The van der Waals surface area contributed by atoms with Crippen LogP contribution in [0.1, 0.15) is 46.0 Å². The molecule has 1 aliphatic carbocycles. The Hall–Kier alpha value is -0.610. The third-order valence-electron chi connectivity index (χ3n) is 3.45. The van der Waals surface area contributed by atoms with Gasteiger partial charge >= 0.3 is 0 Å². The first-order chi connectivity index (χ1) is 7.59. The van der Waals surface area contributed by atoms with E-state index in [1.165, 1.54) is 12.8 Å². The smallest absolute Gasteiger partial charge is 0.246 e. The van der Waals surface area contributed by atoms with Crippen LogP contribution in [-0.4, -0.2) is 30.7 Å². The minimum atomic E-state index is -0.368. The van der Waals surface area contributed by atoms with Crippen LogP contribution in [0.2, 0.25) is 0 Å². The van der Waals surface area contributed by atoms with Crippen LogP contribution in [0.5, 0.6) is 0 Å². The van der Waals surface area contributed by atoms with Gasteiger partial charge in [-0.05, 0) is 26.2 Å². The van der Waals surface area contributed by atoms with Crippen LogP contribution in [0.25, 0.3) is 0 Å². The molecule has 1 rings (SSSR count). The van der Waals surface area contributed by atoms with Crippen molar-refractivity contribution in [1.29, 1.82) is 0 Å². The van der Waals surface area contributed by atoms with Gasteiger partial charge in [-0.1, -0.05) is 19.8 Å². The number of hydrogen-bond donors (Lipinski definition) is 2. The normalized spacial score (nSPS) is 20.7. The quantitative estimate of drug-likeness (QED) is 0.717. The topological polar surface area (TPSA) is 64.3 Å². The lowest BCUT2D eigenvalue weighted by molar-refractivity contribution is -0.132. The maximum absolute atomic E-state index is 11.6. The second kappa shape index (κ2) is 6.21. The first-order valence-electron chi connectivity index (χ1n) is 6.23. The number of nitrogens with two attached hydrogens (primary N) is 1. The largest absolute Gasteiger partial charge is 0.364 e. The highest BCUT2D eigenvalue weighted by Gasteiger charge is 2.23. The Morgan fingerprint density at radius 3 is 2.62 bits per heavy atom. The summed E-state index contributed by atoms with van der Waals surface area (Å²) < 4.78 is 5.56. The third-order valence-corrected chi connectivity index (χ3v) is 3.45. The molecule has 1 amide bonds. The van der Waals surface area contributed by atoms with Gasteiger partial charge in [-0.25, -0.2) is 0 Å². The van der Waals surface area contributed by atoms with Crippen LogP contribution in [0, 0.1) is 0 Å². The van der Waals surface area contributed by atoms with E-state index < -0.39 is 0 Å². The van der Waals surface area contributed by atoms with Crippen LogP contribution in [-0.2, 0) is 9.53 Å². The molecule has 94 valence electrons. The Morgan fingerprint density at radius 1 is 1.50 bits per heavy atom. The predicted molar refractivity (Wildman–Crippen MR) is 64.1 cm³/mol. The molecule has 0 saturated heterocycles. The number of nitrogens with one attached hydrogen (secondary N) is 1. The van der Waals surface area contributed by atoms with Gasteiger partial charge in [0, 0.05) is 12.6 Å². The molecule has 0 aliphatic heterocycles. The zero-order valence-corrected chi connectivity index (χ0v) is 10.4. The van der Waals surface area contributed by atoms with E-state index >= 15 is 0 Å². The summed E-state index contributed by atoms with van der Waals surface area (Å²) >= 11 is 0. The Bertz CT molecular complexity index is 221. The van der Waals surface area contributed by atoms with E-state index in [0.29, 0.717) is 12.6 Å². The van der Waals surface area contributed by atoms with Crippen molar-refractivity contribution in [2.24, 2.45) is 5.73 Å². The molecule has 4 heteroatoms. The third kappa shape index (κ3) is 4.10. The number of carbonyl (C=O) groups excluding carboxylic acids is 1. The number of rotatable bonds is 6. The second-order valence-corrected chi connectivity index (χ2v) is 4.85. The van der Waals surface area contributed by atoms with Gasteiger partial charge in [0.2, 0.25) is 5.91 Å². The molecule has 3 N–H and O–H groups in total. The zero-order chi connectivity index (χ0) is 12.0. The van der Waals surface area contributed by atoms with Gasteiger partial charge in [0.05, 0.1) is 5.60 Å². The Labute approximate surface area is 97.9 Å². The first kappa shape index (κ1) is 13.5. The van der Waals surface area contributed by atoms with E-state index in [2.05, 4.69) is 5.32 Å². The van der Waals surface area contributed by atoms with Crippen molar-refractivity contribution in [3.8, 4) is 0 Å². The van der Waals surface area contributed by atoms with Gasteiger partial charge in [0.15, 0.2) is 0 Å². The summed E-state index contributed by atoms with van der Waals surface area (Å²) in [5.74, 6) is -0.0139. The molecular weight excluding hydrogens is 204 g/mol. The lowest BCUT2D eigenvalue weighted by Gasteiger charge is -2.26. The average molecular weight is 228 g/mol. The zero-order valence-electron chi connectivity index (χ0n) is 10.4. The molecule has 4 nitrogen and oxygen atoms in total. The first-order valence-corrected chi connectivity index (χ1v) is 6.23. The van der Waals surface area contributed by atoms with Gasteiger partial charge in [-0.3, -0.25) is 4.79 Å². The van der Waals surface area contributed by atoms with Crippen molar-refractivity contribution in [3.05, 3.63) is 0 Å². The van der Waals surface area contributed by atoms with E-state index in [1.807, 2.05) is 13.8 Å². The highest BCUT2D eigenvalue weighted by atomic mass is 16.5. The van der Waals surface area contributed by atoms with E-state index in [-0.39, 0.29) is 18.1 Å². The molecule has 0 aromatic carbocycles. The van der Waals surface area contributed by atoms with Crippen molar-refractivity contribution >= 4 is 5.91 Å². The molecule has 1 fully saturated rings. The fraction of sp³-hybridized carbons (Fsp3) is 0.917. The minimum Gasteiger partial charge on any atom is -0.364 e. The fourth-order valence-corrected chi connectivity index (χ4v) is 1.88. The second-order valence-electron chi connectivity index (χ2n) is 4.85. The monoisotopic (exact) mass is 228 g/mol. The van der Waals surface area contributed by atoms with Crippen LogP contribution >= 0.6 is 0 Å². The fourth-order valence-electron chi connectivity index (χ4n) is 1.88. The van der Waals surface area contributed by atoms with E-state index in [1.54, 1.807) is 0 Å². The summed E-state index contributed by atoms with van der Waals surface area (Å²) in [7, 11) is 0. The van der Waals surface area contributed by atoms with Gasteiger partial charge in [0.1, 0.15) is 6.61 Å². The summed E-state index contributed by atoms with van der Waals surface area (Å²) in [4.78, 5) is 11.6. The van der Waals surface area contributed by atoms with Gasteiger partial charge in [0.25, 0.3) is 0 Å². The van der Waals surface area contributed by atoms with Crippen molar-refractivity contribution in [3.63, 3.8) is 0 Å². The molecule has 1 aliphatic rings.